The third kappa shape index (κ3) is 3.35. The molecule has 0 aromatic heterocycles. The molecule has 0 amide bonds. The number of nitrogens with two attached hydrogens (primary N) is 1. The molecule has 1 aromatic rings. The Hall–Kier alpha value is -1.02. The van der Waals surface area contributed by atoms with Crippen LogP contribution in [-0.2, 0) is 6.42 Å². The molecule has 0 saturated carbocycles. The molecular weight excluding hydrogens is 244 g/mol. The van der Waals surface area contributed by atoms with E-state index in [0.29, 0.717) is 6.04 Å². The highest BCUT2D eigenvalue weighted by Crippen LogP contribution is 2.31. The summed E-state index contributed by atoms with van der Waals surface area (Å²) in [5.41, 5.74) is 10.3. The molecule has 0 bridgehead atoms. The van der Waals surface area contributed by atoms with Crippen LogP contribution in [0.3, 0.4) is 0 Å². The van der Waals surface area contributed by atoms with Gasteiger partial charge in [-0.25, -0.2) is 0 Å². The number of aryl methyl sites for hydroxylation is 1. The molecule has 1 heterocycles. The normalized spacial score (nSPS) is 20.7. The molecule has 2 nitrogen and oxygen atoms in total. The Kier molecular flexibility index (Phi) is 5.09. The average Bonchev–Trinajstić information content (AvgIpc) is 2.90. The molecule has 2 heteroatoms. The van der Waals surface area contributed by atoms with E-state index < -0.39 is 0 Å². The number of hydrogen-bond donors (Lipinski definition) is 1. The minimum absolute atomic E-state index is 0.287. The Morgan fingerprint density at radius 1 is 1.35 bits per heavy atom. The Labute approximate surface area is 124 Å². The van der Waals surface area contributed by atoms with Crippen LogP contribution in [0.25, 0.3) is 0 Å². The predicted octanol–water partition coefficient (Wildman–Crippen LogP) is 3.90. The SMILES string of the molecule is CCC(N)Cc1ccc(N2CCCC2C(C)C)cc1C. The second-order valence-electron chi connectivity index (χ2n) is 6.63. The van der Waals surface area contributed by atoms with Gasteiger partial charge in [0.05, 0.1) is 0 Å². The van der Waals surface area contributed by atoms with Crippen LogP contribution < -0.4 is 10.6 Å². The fourth-order valence-electron chi connectivity index (χ4n) is 3.32. The molecule has 1 saturated heterocycles. The van der Waals surface area contributed by atoms with Crippen LogP contribution >= 0.6 is 0 Å². The van der Waals surface area contributed by atoms with E-state index in [4.69, 9.17) is 5.73 Å². The molecule has 2 unspecified atom stereocenters. The lowest BCUT2D eigenvalue weighted by molar-refractivity contribution is 0.492. The first-order valence-corrected chi connectivity index (χ1v) is 8.14. The van der Waals surface area contributed by atoms with Crippen LogP contribution in [0, 0.1) is 12.8 Å². The lowest BCUT2D eigenvalue weighted by atomic mass is 9.98. The van der Waals surface area contributed by atoms with Crippen molar-refractivity contribution in [3.8, 4) is 0 Å². The van der Waals surface area contributed by atoms with Crippen LogP contribution in [0.5, 0.6) is 0 Å². The maximum absolute atomic E-state index is 6.09. The largest absolute Gasteiger partial charge is 0.368 e. The van der Waals surface area contributed by atoms with Gasteiger partial charge in [-0.2, -0.15) is 0 Å². The Balaban J connectivity index is 2.16. The molecule has 112 valence electrons. The van der Waals surface area contributed by atoms with Gasteiger partial charge in [0.15, 0.2) is 0 Å². The van der Waals surface area contributed by atoms with Gasteiger partial charge in [-0.15, -0.1) is 0 Å². The third-order valence-electron chi connectivity index (χ3n) is 4.73. The number of benzene rings is 1. The molecule has 0 radical (unpaired) electrons. The Morgan fingerprint density at radius 3 is 2.70 bits per heavy atom. The quantitative estimate of drug-likeness (QED) is 0.882. The maximum Gasteiger partial charge on any atom is 0.0371 e. The van der Waals surface area contributed by atoms with Crippen molar-refractivity contribution in [3.63, 3.8) is 0 Å². The number of anilines is 1. The highest BCUT2D eigenvalue weighted by molar-refractivity contribution is 5.52. The zero-order valence-corrected chi connectivity index (χ0v) is 13.5. The summed E-state index contributed by atoms with van der Waals surface area (Å²) in [6.45, 7) is 10.3. The van der Waals surface area contributed by atoms with Crippen LogP contribution in [0.15, 0.2) is 18.2 Å². The standard InChI is InChI=1S/C18H30N2/c1-5-16(19)12-15-8-9-17(11-14(15)4)20-10-6-7-18(20)13(2)3/h8-9,11,13,16,18H,5-7,10,12,19H2,1-4H3. The van der Waals surface area contributed by atoms with Crippen LogP contribution in [0.2, 0.25) is 0 Å². The molecule has 1 aromatic carbocycles. The molecule has 20 heavy (non-hydrogen) atoms. The van der Waals surface area contributed by atoms with Crippen molar-refractivity contribution in [1.82, 2.24) is 0 Å². The molecule has 1 aliphatic rings. The first-order valence-electron chi connectivity index (χ1n) is 8.14. The van der Waals surface area contributed by atoms with E-state index in [1.807, 2.05) is 0 Å². The first-order chi connectivity index (χ1) is 9.52. The molecule has 2 atom stereocenters. The van der Waals surface area contributed by atoms with Gasteiger partial charge < -0.3 is 10.6 Å². The summed E-state index contributed by atoms with van der Waals surface area (Å²) in [6, 6.07) is 7.94. The summed E-state index contributed by atoms with van der Waals surface area (Å²) in [4.78, 5) is 2.60. The minimum atomic E-state index is 0.287. The van der Waals surface area contributed by atoms with Crippen molar-refractivity contribution >= 4 is 5.69 Å². The Bertz CT molecular complexity index is 439. The second kappa shape index (κ2) is 6.62. The predicted molar refractivity (Wildman–Crippen MR) is 88.4 cm³/mol. The summed E-state index contributed by atoms with van der Waals surface area (Å²) in [7, 11) is 0. The molecule has 1 aliphatic heterocycles. The number of hydrogen-bond acceptors (Lipinski definition) is 2. The van der Waals surface area contributed by atoms with Crippen molar-refractivity contribution in [2.75, 3.05) is 11.4 Å². The van der Waals surface area contributed by atoms with E-state index in [-0.39, 0.29) is 6.04 Å². The average molecular weight is 274 g/mol. The monoisotopic (exact) mass is 274 g/mol. The van der Waals surface area contributed by atoms with Gasteiger partial charge in [-0.1, -0.05) is 26.8 Å². The smallest absolute Gasteiger partial charge is 0.0371 e. The molecule has 2 rings (SSSR count). The van der Waals surface area contributed by atoms with Gasteiger partial charge >= 0.3 is 0 Å². The van der Waals surface area contributed by atoms with Gasteiger partial charge in [0, 0.05) is 24.3 Å². The van der Waals surface area contributed by atoms with Crippen molar-refractivity contribution in [1.29, 1.82) is 0 Å². The molecular formula is C18H30N2. The van der Waals surface area contributed by atoms with Gasteiger partial charge in [0.1, 0.15) is 0 Å². The van der Waals surface area contributed by atoms with Crippen molar-refractivity contribution < 1.29 is 0 Å². The summed E-state index contributed by atoms with van der Waals surface area (Å²) < 4.78 is 0. The topological polar surface area (TPSA) is 29.3 Å². The van der Waals surface area contributed by atoms with Crippen LogP contribution in [-0.4, -0.2) is 18.6 Å². The minimum Gasteiger partial charge on any atom is -0.368 e. The fourth-order valence-corrected chi connectivity index (χ4v) is 3.32. The fraction of sp³-hybridized carbons (Fsp3) is 0.667. The van der Waals surface area contributed by atoms with Gasteiger partial charge in [0.2, 0.25) is 0 Å². The lowest BCUT2D eigenvalue weighted by Crippen LogP contribution is -2.33. The second-order valence-corrected chi connectivity index (χ2v) is 6.63. The number of nitrogens with zero attached hydrogens (tertiary/aromatic N) is 1. The number of rotatable bonds is 5. The van der Waals surface area contributed by atoms with E-state index in [1.54, 1.807) is 0 Å². The zero-order chi connectivity index (χ0) is 14.7. The van der Waals surface area contributed by atoms with E-state index in [0.717, 1.165) is 18.8 Å². The molecule has 2 N–H and O–H groups in total. The Morgan fingerprint density at radius 2 is 2.10 bits per heavy atom. The lowest BCUT2D eigenvalue weighted by Gasteiger charge is -2.30. The van der Waals surface area contributed by atoms with Crippen molar-refractivity contribution in [2.45, 2.75) is 65.5 Å². The van der Waals surface area contributed by atoms with Crippen molar-refractivity contribution in [3.05, 3.63) is 29.3 Å². The summed E-state index contributed by atoms with van der Waals surface area (Å²) in [6.07, 6.45) is 4.70. The molecule has 0 spiro atoms. The summed E-state index contributed by atoms with van der Waals surface area (Å²) >= 11 is 0. The summed E-state index contributed by atoms with van der Waals surface area (Å²) in [5.74, 6) is 0.728. The van der Waals surface area contributed by atoms with Crippen LogP contribution in [0.4, 0.5) is 5.69 Å². The third-order valence-corrected chi connectivity index (χ3v) is 4.73. The van der Waals surface area contributed by atoms with E-state index in [2.05, 4.69) is 50.8 Å². The van der Waals surface area contributed by atoms with E-state index in [9.17, 15) is 0 Å². The highest BCUT2D eigenvalue weighted by Gasteiger charge is 2.27. The van der Waals surface area contributed by atoms with Gasteiger partial charge in [0.25, 0.3) is 0 Å². The van der Waals surface area contributed by atoms with E-state index in [1.165, 1.54) is 36.2 Å². The zero-order valence-electron chi connectivity index (χ0n) is 13.5. The van der Waals surface area contributed by atoms with Gasteiger partial charge in [-0.05, 0) is 61.8 Å². The maximum atomic E-state index is 6.09. The van der Waals surface area contributed by atoms with Crippen LogP contribution in [0.1, 0.15) is 51.2 Å². The molecule has 0 aliphatic carbocycles. The molecule has 1 fully saturated rings. The highest BCUT2D eigenvalue weighted by atomic mass is 15.2. The van der Waals surface area contributed by atoms with E-state index >= 15 is 0 Å². The first kappa shape index (κ1) is 15.4. The van der Waals surface area contributed by atoms with Crippen molar-refractivity contribution in [2.24, 2.45) is 11.7 Å². The summed E-state index contributed by atoms with van der Waals surface area (Å²) in [5, 5.41) is 0. The van der Waals surface area contributed by atoms with Gasteiger partial charge in [-0.3, -0.25) is 0 Å².